The molecule has 0 saturated carbocycles. The second-order valence-corrected chi connectivity index (χ2v) is 13.9. The maximum absolute atomic E-state index is 12.5. The van der Waals surface area contributed by atoms with Gasteiger partial charge in [0, 0.05) is 25.5 Å². The number of nitrogens with one attached hydrogen (secondary N) is 1. The highest BCUT2D eigenvalue weighted by Crippen LogP contribution is 2.36. The van der Waals surface area contributed by atoms with E-state index in [1.807, 2.05) is 17.7 Å². The summed E-state index contributed by atoms with van der Waals surface area (Å²) in [7, 11) is -1.10. The van der Waals surface area contributed by atoms with E-state index >= 15 is 0 Å². The molecule has 0 radical (unpaired) electrons. The molecule has 0 amide bonds. The van der Waals surface area contributed by atoms with Crippen molar-refractivity contribution in [2.24, 2.45) is 0 Å². The average molecular weight is 372 g/mol. The molecular formula is C19H25N3O3Si. The van der Waals surface area contributed by atoms with Crippen molar-refractivity contribution in [3.8, 4) is 0 Å². The van der Waals surface area contributed by atoms with Gasteiger partial charge in [-0.15, -0.1) is 0 Å². The van der Waals surface area contributed by atoms with Gasteiger partial charge in [0.05, 0.1) is 23.8 Å². The third kappa shape index (κ3) is 3.11. The highest BCUT2D eigenvalue weighted by molar-refractivity contribution is 6.76. The Morgan fingerprint density at radius 1 is 1.35 bits per heavy atom. The molecule has 0 fully saturated rings. The van der Waals surface area contributed by atoms with Crippen LogP contribution in [0.2, 0.25) is 25.7 Å². The van der Waals surface area contributed by atoms with Crippen LogP contribution in [0.4, 0.5) is 0 Å². The van der Waals surface area contributed by atoms with E-state index in [-0.39, 0.29) is 18.5 Å². The molecule has 1 aromatic carbocycles. The van der Waals surface area contributed by atoms with Gasteiger partial charge in [-0.05, 0) is 30.2 Å². The first-order valence-electron chi connectivity index (χ1n) is 9.05. The van der Waals surface area contributed by atoms with Gasteiger partial charge in [-0.3, -0.25) is 9.48 Å². The Bertz CT molecular complexity index is 1030. The average Bonchev–Trinajstić information content (AvgIpc) is 2.95. The minimum Gasteiger partial charge on any atom is -0.356 e. The summed E-state index contributed by atoms with van der Waals surface area (Å²) in [6.07, 6.45) is 1.55. The van der Waals surface area contributed by atoms with E-state index in [1.165, 1.54) is 0 Å². The Morgan fingerprint density at radius 2 is 2.15 bits per heavy atom. The first kappa shape index (κ1) is 17.5. The summed E-state index contributed by atoms with van der Waals surface area (Å²) < 4.78 is 13.7. The van der Waals surface area contributed by atoms with Gasteiger partial charge in [-0.1, -0.05) is 25.7 Å². The molecule has 0 bridgehead atoms. The van der Waals surface area contributed by atoms with Crippen LogP contribution in [0, 0.1) is 6.92 Å². The number of ether oxygens (including phenoxy) is 2. The minimum atomic E-state index is -1.10. The first-order valence-corrected chi connectivity index (χ1v) is 12.8. The summed E-state index contributed by atoms with van der Waals surface area (Å²) in [5, 5.41) is 6.08. The Kier molecular flexibility index (Phi) is 4.25. The molecule has 0 spiro atoms. The molecule has 1 unspecified atom stereocenters. The number of aryl methyl sites for hydroxylation is 1. The van der Waals surface area contributed by atoms with Gasteiger partial charge in [0.1, 0.15) is 12.9 Å². The lowest BCUT2D eigenvalue weighted by atomic mass is 9.95. The summed E-state index contributed by atoms with van der Waals surface area (Å²) in [5.74, 6) is 0. The molecule has 1 N–H and O–H groups in total. The summed E-state index contributed by atoms with van der Waals surface area (Å²) in [6, 6.07) is 5.17. The van der Waals surface area contributed by atoms with Gasteiger partial charge in [0.2, 0.25) is 0 Å². The number of hydrogen-bond acceptors (Lipinski definition) is 4. The molecule has 1 aliphatic rings. The van der Waals surface area contributed by atoms with Crippen molar-refractivity contribution in [2.75, 3.05) is 13.4 Å². The zero-order valence-corrected chi connectivity index (χ0v) is 16.8. The van der Waals surface area contributed by atoms with Gasteiger partial charge in [-0.25, -0.2) is 0 Å². The number of nitrogens with zero attached hydrogens (tertiary/aromatic N) is 2. The molecule has 6 nitrogen and oxygen atoms in total. The zero-order chi connectivity index (χ0) is 18.5. The van der Waals surface area contributed by atoms with Gasteiger partial charge in [0.15, 0.2) is 0 Å². The molecule has 1 aliphatic heterocycles. The summed E-state index contributed by atoms with van der Waals surface area (Å²) >= 11 is 0. The van der Waals surface area contributed by atoms with E-state index in [1.54, 1.807) is 6.20 Å². The Balaban J connectivity index is 1.64. The Morgan fingerprint density at radius 3 is 2.92 bits per heavy atom. The van der Waals surface area contributed by atoms with Crippen LogP contribution in [0.15, 0.2) is 23.1 Å². The van der Waals surface area contributed by atoms with E-state index in [9.17, 15) is 4.79 Å². The molecule has 0 saturated heterocycles. The fourth-order valence-corrected chi connectivity index (χ4v) is 4.30. The van der Waals surface area contributed by atoms with E-state index in [0.29, 0.717) is 11.9 Å². The van der Waals surface area contributed by atoms with Crippen molar-refractivity contribution in [3.63, 3.8) is 0 Å². The number of rotatable bonds is 6. The van der Waals surface area contributed by atoms with Gasteiger partial charge >= 0.3 is 0 Å². The maximum atomic E-state index is 12.5. The monoisotopic (exact) mass is 371 g/mol. The number of hydrogen-bond donors (Lipinski definition) is 1. The quantitative estimate of drug-likeness (QED) is 0.409. The lowest BCUT2D eigenvalue weighted by molar-refractivity contribution is -0.0931. The predicted molar refractivity (Wildman–Crippen MR) is 105 cm³/mol. The van der Waals surface area contributed by atoms with Gasteiger partial charge < -0.3 is 14.5 Å². The number of aromatic amines is 1. The fraction of sp³-hybridized carbons (Fsp3) is 0.474. The number of benzene rings is 1. The number of aromatic nitrogens is 3. The first-order chi connectivity index (χ1) is 12.3. The fourth-order valence-electron chi connectivity index (χ4n) is 3.55. The van der Waals surface area contributed by atoms with Crippen LogP contribution in [0.5, 0.6) is 0 Å². The molecule has 7 heteroatoms. The SMILES string of the molecule is Cc1cc2c3c(c1)c(=O)[nH]c1cnn(c13)CC2OCOCC[Si](C)(C)C. The third-order valence-corrected chi connectivity index (χ3v) is 6.62. The van der Waals surface area contributed by atoms with Crippen molar-refractivity contribution in [3.05, 3.63) is 39.8 Å². The molecule has 138 valence electrons. The van der Waals surface area contributed by atoms with Crippen LogP contribution in [-0.2, 0) is 16.0 Å². The minimum absolute atomic E-state index is 0.0796. The van der Waals surface area contributed by atoms with Crippen molar-refractivity contribution in [2.45, 2.75) is 45.3 Å². The highest BCUT2D eigenvalue weighted by Gasteiger charge is 2.27. The standard InChI is InChI=1S/C19H25N3O3Si/c1-12-7-13-16(25-11-24-5-6-26(2,3)4)10-22-18-15(9-20-22)21-19(23)14(8-12)17(13)18/h7-9,16H,5-6,10-11H2,1-4H3,(H,21,23). The van der Waals surface area contributed by atoms with Crippen molar-refractivity contribution >= 4 is 29.9 Å². The predicted octanol–water partition coefficient (Wildman–Crippen LogP) is 3.57. The summed E-state index contributed by atoms with van der Waals surface area (Å²) in [6.45, 7) is 10.6. The number of H-pyrrole nitrogens is 1. The van der Waals surface area contributed by atoms with E-state index < -0.39 is 8.07 Å². The summed E-state index contributed by atoms with van der Waals surface area (Å²) in [4.78, 5) is 15.4. The van der Waals surface area contributed by atoms with E-state index in [0.717, 1.165) is 40.2 Å². The second-order valence-electron chi connectivity index (χ2n) is 8.31. The normalized spacial score (nSPS) is 16.8. The smallest absolute Gasteiger partial charge is 0.256 e. The van der Waals surface area contributed by atoms with Crippen LogP contribution in [0.25, 0.3) is 21.8 Å². The molecule has 0 aliphatic carbocycles. The molecule has 1 atom stereocenters. The molecule has 3 heterocycles. The summed E-state index contributed by atoms with van der Waals surface area (Å²) in [5.41, 5.74) is 3.78. The molecular weight excluding hydrogens is 346 g/mol. The van der Waals surface area contributed by atoms with E-state index in [4.69, 9.17) is 9.47 Å². The largest absolute Gasteiger partial charge is 0.356 e. The van der Waals surface area contributed by atoms with Crippen molar-refractivity contribution in [1.82, 2.24) is 14.8 Å². The van der Waals surface area contributed by atoms with Crippen LogP contribution in [-0.4, -0.2) is 36.2 Å². The van der Waals surface area contributed by atoms with Crippen LogP contribution >= 0.6 is 0 Å². The lowest BCUT2D eigenvalue weighted by Crippen LogP contribution is -2.23. The van der Waals surface area contributed by atoms with Gasteiger partial charge in [0.25, 0.3) is 5.56 Å². The van der Waals surface area contributed by atoms with Crippen LogP contribution in [0.3, 0.4) is 0 Å². The van der Waals surface area contributed by atoms with Crippen LogP contribution < -0.4 is 5.56 Å². The van der Waals surface area contributed by atoms with Crippen LogP contribution in [0.1, 0.15) is 17.2 Å². The topological polar surface area (TPSA) is 69.1 Å². The lowest BCUT2D eigenvalue weighted by Gasteiger charge is -2.25. The van der Waals surface area contributed by atoms with Crippen molar-refractivity contribution < 1.29 is 9.47 Å². The highest BCUT2D eigenvalue weighted by atomic mass is 28.3. The molecule has 4 rings (SSSR count). The second kappa shape index (κ2) is 6.33. The van der Waals surface area contributed by atoms with Crippen molar-refractivity contribution in [1.29, 1.82) is 0 Å². The molecule has 26 heavy (non-hydrogen) atoms. The zero-order valence-electron chi connectivity index (χ0n) is 15.8. The maximum Gasteiger partial charge on any atom is 0.256 e. The molecule has 3 aromatic rings. The van der Waals surface area contributed by atoms with Gasteiger partial charge in [-0.2, -0.15) is 5.10 Å². The third-order valence-electron chi connectivity index (χ3n) is 4.92. The van der Waals surface area contributed by atoms with E-state index in [2.05, 4.69) is 35.8 Å². The Hall–Kier alpha value is -1.96. The molecule has 2 aromatic heterocycles. The number of pyridine rings is 1. The Labute approximate surface area is 153 Å².